The van der Waals surface area contributed by atoms with E-state index in [-0.39, 0.29) is 12.0 Å². The third-order valence-corrected chi connectivity index (χ3v) is 1.75. The summed E-state index contributed by atoms with van der Waals surface area (Å²) < 4.78 is 37.9. The average molecular weight is 211 g/mol. The number of alkyl halides is 2. The van der Waals surface area contributed by atoms with Crippen LogP contribution in [0, 0.1) is 28.6 Å². The Labute approximate surface area is 83.4 Å². The second-order valence-electron chi connectivity index (χ2n) is 2.61. The lowest BCUT2D eigenvalue weighted by Gasteiger charge is -2.07. The number of hydrogen-bond donors (Lipinski definition) is 0. The largest absolute Gasteiger partial charge is 0.265 e. The summed E-state index contributed by atoms with van der Waals surface area (Å²) in [4.78, 5) is 3.14. The minimum absolute atomic E-state index is 0.120. The average Bonchev–Trinajstić information content (AvgIpc) is 2.20. The van der Waals surface area contributed by atoms with Gasteiger partial charge in [-0.25, -0.2) is 13.8 Å². The fraction of sp³-hybridized carbons (Fsp3) is 0.222. The SMILES string of the molecule is N#CCc1cnc(F)c(C#N)c1C(F)F. The molecule has 0 radical (unpaired) electrons. The molecule has 3 nitrogen and oxygen atoms in total. The van der Waals surface area contributed by atoms with Crippen LogP contribution in [0.5, 0.6) is 0 Å². The van der Waals surface area contributed by atoms with Crippen LogP contribution in [0.15, 0.2) is 6.20 Å². The highest BCUT2D eigenvalue weighted by molar-refractivity contribution is 5.42. The van der Waals surface area contributed by atoms with Crippen molar-refractivity contribution in [2.75, 3.05) is 0 Å². The molecule has 0 aliphatic rings. The summed E-state index contributed by atoms with van der Waals surface area (Å²) in [5, 5.41) is 16.9. The maximum atomic E-state index is 12.9. The predicted octanol–water partition coefficient (Wildman–Crippen LogP) is 2.10. The van der Waals surface area contributed by atoms with Gasteiger partial charge in [0.05, 0.1) is 12.5 Å². The van der Waals surface area contributed by atoms with Gasteiger partial charge in [-0.1, -0.05) is 0 Å². The summed E-state index contributed by atoms with van der Waals surface area (Å²) in [6.07, 6.45) is -2.48. The number of nitrogens with zero attached hydrogens (tertiary/aromatic N) is 3. The van der Waals surface area contributed by atoms with Crippen LogP contribution >= 0.6 is 0 Å². The molecule has 0 aromatic carbocycles. The Kier molecular flexibility index (Phi) is 3.25. The van der Waals surface area contributed by atoms with E-state index in [4.69, 9.17) is 10.5 Å². The maximum absolute atomic E-state index is 12.9. The van der Waals surface area contributed by atoms with Crippen molar-refractivity contribution in [2.24, 2.45) is 0 Å². The molecule has 6 heteroatoms. The summed E-state index contributed by atoms with van der Waals surface area (Å²) in [5.41, 5.74) is -1.66. The van der Waals surface area contributed by atoms with E-state index in [9.17, 15) is 13.2 Å². The Morgan fingerprint density at radius 2 is 2.07 bits per heavy atom. The van der Waals surface area contributed by atoms with E-state index in [1.54, 1.807) is 6.07 Å². The van der Waals surface area contributed by atoms with Gasteiger partial charge in [0.25, 0.3) is 6.43 Å². The molecule has 0 atom stereocenters. The molecule has 1 heterocycles. The summed E-state index contributed by atoms with van der Waals surface area (Å²) >= 11 is 0. The minimum atomic E-state index is -3.00. The van der Waals surface area contributed by atoms with Crippen molar-refractivity contribution in [2.45, 2.75) is 12.8 Å². The van der Waals surface area contributed by atoms with Crippen molar-refractivity contribution in [1.29, 1.82) is 10.5 Å². The van der Waals surface area contributed by atoms with Gasteiger partial charge < -0.3 is 0 Å². The highest BCUT2D eigenvalue weighted by atomic mass is 19.3. The van der Waals surface area contributed by atoms with E-state index in [1.807, 2.05) is 0 Å². The van der Waals surface area contributed by atoms with Crippen LogP contribution in [0.1, 0.15) is 23.1 Å². The second kappa shape index (κ2) is 4.43. The Hall–Kier alpha value is -2.08. The first-order valence-corrected chi connectivity index (χ1v) is 3.84. The van der Waals surface area contributed by atoms with Crippen molar-refractivity contribution in [3.8, 4) is 12.1 Å². The number of pyridine rings is 1. The topological polar surface area (TPSA) is 60.5 Å². The minimum Gasteiger partial charge on any atom is -0.227 e. The molecule has 0 N–H and O–H groups in total. The van der Waals surface area contributed by atoms with Crippen LogP contribution in [0.25, 0.3) is 0 Å². The van der Waals surface area contributed by atoms with Crippen LogP contribution in [0.2, 0.25) is 0 Å². The van der Waals surface area contributed by atoms with Gasteiger partial charge in [0.15, 0.2) is 0 Å². The van der Waals surface area contributed by atoms with Gasteiger partial charge in [-0.3, -0.25) is 0 Å². The molecule has 1 aromatic rings. The van der Waals surface area contributed by atoms with Crippen molar-refractivity contribution in [3.05, 3.63) is 28.8 Å². The van der Waals surface area contributed by atoms with Gasteiger partial charge in [-0.2, -0.15) is 14.9 Å². The molecule has 1 rings (SSSR count). The Morgan fingerprint density at radius 3 is 2.53 bits per heavy atom. The Morgan fingerprint density at radius 1 is 1.40 bits per heavy atom. The Balaban J connectivity index is 3.45. The monoisotopic (exact) mass is 211 g/mol. The van der Waals surface area contributed by atoms with Crippen LogP contribution in [-0.2, 0) is 6.42 Å². The number of rotatable bonds is 2. The molecular weight excluding hydrogens is 207 g/mol. The third kappa shape index (κ3) is 2.05. The summed E-state index contributed by atoms with van der Waals surface area (Å²) in [6.45, 7) is 0. The van der Waals surface area contributed by atoms with Crippen molar-refractivity contribution in [3.63, 3.8) is 0 Å². The standard InChI is InChI=1S/C9H4F3N3/c10-8(11)7-5(1-2-13)4-15-9(12)6(7)3-14/h4,8H,1H2. The van der Waals surface area contributed by atoms with E-state index in [2.05, 4.69) is 4.98 Å². The van der Waals surface area contributed by atoms with Crippen molar-refractivity contribution < 1.29 is 13.2 Å². The lowest BCUT2D eigenvalue weighted by Crippen LogP contribution is -2.03. The molecule has 0 saturated heterocycles. The van der Waals surface area contributed by atoms with E-state index in [1.165, 1.54) is 6.07 Å². The van der Waals surface area contributed by atoms with Gasteiger partial charge in [0, 0.05) is 11.8 Å². The molecule has 0 aliphatic heterocycles. The summed E-state index contributed by atoms with van der Waals surface area (Å²) in [5.74, 6) is -1.24. The lowest BCUT2D eigenvalue weighted by atomic mass is 10.0. The molecule has 0 fully saturated rings. The van der Waals surface area contributed by atoms with Crippen molar-refractivity contribution >= 4 is 0 Å². The normalized spacial score (nSPS) is 9.73. The first kappa shape index (κ1) is 11.0. The quantitative estimate of drug-likeness (QED) is 0.703. The summed E-state index contributed by atoms with van der Waals surface area (Å²) in [6, 6.07) is 2.96. The molecule has 1 aromatic heterocycles. The predicted molar refractivity (Wildman–Crippen MR) is 43.2 cm³/mol. The van der Waals surface area contributed by atoms with E-state index < -0.39 is 23.5 Å². The molecule has 15 heavy (non-hydrogen) atoms. The zero-order valence-corrected chi connectivity index (χ0v) is 7.34. The first-order chi connectivity index (χ1) is 7.11. The highest BCUT2D eigenvalue weighted by Crippen LogP contribution is 2.27. The van der Waals surface area contributed by atoms with Gasteiger partial charge >= 0.3 is 0 Å². The number of halogens is 3. The highest BCUT2D eigenvalue weighted by Gasteiger charge is 2.21. The molecule has 0 aliphatic carbocycles. The molecule has 0 saturated carbocycles. The zero-order valence-electron chi connectivity index (χ0n) is 7.34. The molecule has 0 unspecified atom stereocenters. The Bertz CT molecular complexity index is 457. The number of hydrogen-bond acceptors (Lipinski definition) is 3. The van der Waals surface area contributed by atoms with E-state index >= 15 is 0 Å². The molecule has 76 valence electrons. The van der Waals surface area contributed by atoms with Crippen LogP contribution in [0.3, 0.4) is 0 Å². The first-order valence-electron chi connectivity index (χ1n) is 3.84. The van der Waals surface area contributed by atoms with Gasteiger partial charge in [0.2, 0.25) is 5.95 Å². The third-order valence-electron chi connectivity index (χ3n) is 1.75. The van der Waals surface area contributed by atoms with Crippen LogP contribution in [0.4, 0.5) is 13.2 Å². The molecule has 0 amide bonds. The number of aromatic nitrogens is 1. The molecular formula is C9H4F3N3. The zero-order chi connectivity index (χ0) is 11.4. The fourth-order valence-electron chi connectivity index (χ4n) is 1.12. The van der Waals surface area contributed by atoms with Gasteiger partial charge in [-0.15, -0.1) is 0 Å². The number of nitriles is 2. The van der Waals surface area contributed by atoms with Crippen LogP contribution < -0.4 is 0 Å². The smallest absolute Gasteiger partial charge is 0.227 e. The van der Waals surface area contributed by atoms with E-state index in [0.29, 0.717) is 0 Å². The van der Waals surface area contributed by atoms with Gasteiger partial charge in [-0.05, 0) is 5.56 Å². The van der Waals surface area contributed by atoms with Crippen LogP contribution in [-0.4, -0.2) is 4.98 Å². The van der Waals surface area contributed by atoms with Crippen molar-refractivity contribution in [1.82, 2.24) is 4.98 Å². The molecule has 0 spiro atoms. The lowest BCUT2D eigenvalue weighted by molar-refractivity contribution is 0.149. The van der Waals surface area contributed by atoms with E-state index in [0.717, 1.165) is 6.20 Å². The fourth-order valence-corrected chi connectivity index (χ4v) is 1.12. The van der Waals surface area contributed by atoms with Gasteiger partial charge in [0.1, 0.15) is 11.6 Å². The molecule has 0 bridgehead atoms. The maximum Gasteiger partial charge on any atom is 0.265 e. The second-order valence-corrected chi connectivity index (χ2v) is 2.61. The summed E-state index contributed by atoms with van der Waals surface area (Å²) in [7, 11) is 0.